The minimum absolute atomic E-state index is 0.246. The van der Waals surface area contributed by atoms with Gasteiger partial charge in [-0.1, -0.05) is 6.08 Å². The number of hydrogen-bond acceptors (Lipinski definition) is 3. The molecule has 0 saturated heterocycles. The smallest absolute Gasteiger partial charge is 0.330 e. The fourth-order valence-corrected chi connectivity index (χ4v) is 1.25. The van der Waals surface area contributed by atoms with Gasteiger partial charge in [-0.25, -0.2) is 4.79 Å². The Kier molecular flexibility index (Phi) is 4.23. The number of allylic oxidation sites excluding steroid dienone is 2. The number of rotatable bonds is 6. The first-order valence-corrected chi connectivity index (χ1v) is 5.08. The highest BCUT2D eigenvalue weighted by Gasteiger charge is 2.16. The zero-order chi connectivity index (χ0) is 10.4. The van der Waals surface area contributed by atoms with Crippen molar-refractivity contribution in [2.45, 2.75) is 26.7 Å². The van der Waals surface area contributed by atoms with Crippen molar-refractivity contribution in [1.29, 1.82) is 0 Å². The number of hydrogen-bond donors (Lipinski definition) is 0. The van der Waals surface area contributed by atoms with Gasteiger partial charge in [-0.3, -0.25) is 0 Å². The lowest BCUT2D eigenvalue weighted by molar-refractivity contribution is -0.137. The van der Waals surface area contributed by atoms with Gasteiger partial charge >= 0.3 is 5.97 Å². The van der Waals surface area contributed by atoms with Crippen molar-refractivity contribution in [3.05, 3.63) is 24.0 Å². The Labute approximate surface area is 85.0 Å². The molecule has 0 radical (unpaired) electrons. The van der Waals surface area contributed by atoms with Gasteiger partial charge in [0.1, 0.15) is 0 Å². The lowest BCUT2D eigenvalue weighted by Gasteiger charge is -1.98. The van der Waals surface area contributed by atoms with E-state index in [4.69, 9.17) is 4.74 Å². The topological polar surface area (TPSA) is 29.3 Å². The first-order valence-electron chi connectivity index (χ1n) is 5.08. The third kappa shape index (κ3) is 3.64. The van der Waals surface area contributed by atoms with Crippen LogP contribution in [0.4, 0.5) is 0 Å². The van der Waals surface area contributed by atoms with Gasteiger partial charge in [-0.05, 0) is 26.7 Å². The molecule has 0 N–H and O–H groups in total. The van der Waals surface area contributed by atoms with Gasteiger partial charge < -0.3 is 9.64 Å². The summed E-state index contributed by atoms with van der Waals surface area (Å²) in [6, 6.07) is 0. The number of carbonyl (C=O) groups is 1. The summed E-state index contributed by atoms with van der Waals surface area (Å²) in [6.45, 7) is 5.42. The first-order chi connectivity index (χ1) is 6.77. The SMILES string of the molecule is CCOC(=O)/C=C/CCC1=CN1CC. The highest BCUT2D eigenvalue weighted by Crippen LogP contribution is 2.24. The van der Waals surface area contributed by atoms with Crippen molar-refractivity contribution >= 4 is 5.97 Å². The summed E-state index contributed by atoms with van der Waals surface area (Å²) in [6.07, 6.45) is 7.43. The highest BCUT2D eigenvalue weighted by atomic mass is 16.5. The Balaban J connectivity index is 2.04. The van der Waals surface area contributed by atoms with Gasteiger partial charge in [0, 0.05) is 24.5 Å². The van der Waals surface area contributed by atoms with E-state index in [1.54, 1.807) is 6.92 Å². The summed E-state index contributed by atoms with van der Waals surface area (Å²) in [5.74, 6) is -0.246. The second-order valence-electron chi connectivity index (χ2n) is 3.10. The van der Waals surface area contributed by atoms with E-state index in [2.05, 4.69) is 18.0 Å². The molecule has 0 aromatic rings. The molecular weight excluding hydrogens is 178 g/mol. The molecule has 78 valence electrons. The van der Waals surface area contributed by atoms with Crippen LogP contribution in [-0.2, 0) is 9.53 Å². The van der Waals surface area contributed by atoms with Crippen LogP contribution < -0.4 is 0 Å². The van der Waals surface area contributed by atoms with Gasteiger partial charge in [-0.15, -0.1) is 0 Å². The second kappa shape index (κ2) is 5.47. The summed E-state index contributed by atoms with van der Waals surface area (Å²) >= 11 is 0. The van der Waals surface area contributed by atoms with Crippen LogP contribution in [0.15, 0.2) is 24.0 Å². The maximum absolute atomic E-state index is 10.9. The monoisotopic (exact) mass is 195 g/mol. The fraction of sp³-hybridized carbons (Fsp3) is 0.545. The lowest BCUT2D eigenvalue weighted by Crippen LogP contribution is -1.99. The minimum atomic E-state index is -0.246. The van der Waals surface area contributed by atoms with Crippen molar-refractivity contribution in [3.63, 3.8) is 0 Å². The highest BCUT2D eigenvalue weighted by molar-refractivity contribution is 5.81. The van der Waals surface area contributed by atoms with Crippen LogP contribution in [0.5, 0.6) is 0 Å². The predicted octanol–water partition coefficient (Wildman–Crippen LogP) is 2.06. The Hall–Kier alpha value is -1.25. The summed E-state index contributed by atoms with van der Waals surface area (Å²) in [4.78, 5) is 13.1. The maximum Gasteiger partial charge on any atom is 0.330 e. The number of carbonyl (C=O) groups excluding carboxylic acids is 1. The summed E-state index contributed by atoms with van der Waals surface area (Å²) in [5, 5.41) is 0. The standard InChI is InChI=1S/C11H17NO2/c1-3-12-9-10(12)7-5-6-8-11(13)14-4-2/h6,8-9H,3-5,7H2,1-2H3/b8-6+. The largest absolute Gasteiger partial charge is 0.463 e. The molecule has 0 bridgehead atoms. The molecule has 0 aromatic heterocycles. The molecule has 1 rings (SSSR count). The molecule has 0 fully saturated rings. The van der Waals surface area contributed by atoms with E-state index in [1.807, 2.05) is 6.08 Å². The molecule has 0 unspecified atom stereocenters. The van der Waals surface area contributed by atoms with Gasteiger partial charge in [0.25, 0.3) is 0 Å². The maximum atomic E-state index is 10.9. The van der Waals surface area contributed by atoms with Crippen molar-refractivity contribution < 1.29 is 9.53 Å². The Morgan fingerprint density at radius 2 is 2.36 bits per heavy atom. The van der Waals surface area contributed by atoms with E-state index >= 15 is 0 Å². The number of ether oxygens (including phenoxy) is 1. The van der Waals surface area contributed by atoms with E-state index in [0.717, 1.165) is 19.4 Å². The van der Waals surface area contributed by atoms with E-state index in [1.165, 1.54) is 11.8 Å². The van der Waals surface area contributed by atoms with Crippen LogP contribution in [-0.4, -0.2) is 24.0 Å². The van der Waals surface area contributed by atoms with E-state index in [9.17, 15) is 4.79 Å². The van der Waals surface area contributed by atoms with Crippen molar-refractivity contribution in [3.8, 4) is 0 Å². The van der Waals surface area contributed by atoms with E-state index < -0.39 is 0 Å². The molecule has 1 aliphatic heterocycles. The molecular formula is C11H17NO2. The van der Waals surface area contributed by atoms with Crippen LogP contribution in [0, 0.1) is 0 Å². The lowest BCUT2D eigenvalue weighted by atomic mass is 10.3. The normalized spacial score (nSPS) is 14.4. The van der Waals surface area contributed by atoms with Crippen LogP contribution >= 0.6 is 0 Å². The number of nitrogens with zero attached hydrogens (tertiary/aromatic N) is 1. The van der Waals surface area contributed by atoms with Crippen LogP contribution in [0.25, 0.3) is 0 Å². The molecule has 3 heteroatoms. The average Bonchev–Trinajstić information content (AvgIpc) is 2.92. The molecule has 14 heavy (non-hydrogen) atoms. The molecule has 0 spiro atoms. The van der Waals surface area contributed by atoms with Crippen molar-refractivity contribution in [2.75, 3.05) is 13.2 Å². The predicted molar refractivity (Wildman–Crippen MR) is 55.5 cm³/mol. The zero-order valence-corrected chi connectivity index (χ0v) is 8.82. The molecule has 0 aromatic carbocycles. The zero-order valence-electron chi connectivity index (χ0n) is 8.82. The fourth-order valence-electron chi connectivity index (χ4n) is 1.25. The second-order valence-corrected chi connectivity index (χ2v) is 3.10. The van der Waals surface area contributed by atoms with Gasteiger partial charge in [0.15, 0.2) is 0 Å². The first kappa shape index (κ1) is 10.8. The van der Waals surface area contributed by atoms with Crippen LogP contribution in [0.2, 0.25) is 0 Å². The van der Waals surface area contributed by atoms with E-state index in [-0.39, 0.29) is 5.97 Å². The molecule has 1 heterocycles. The molecule has 0 atom stereocenters. The Morgan fingerprint density at radius 3 is 2.93 bits per heavy atom. The van der Waals surface area contributed by atoms with Crippen molar-refractivity contribution in [2.24, 2.45) is 0 Å². The molecule has 0 aliphatic carbocycles. The number of esters is 1. The molecule has 0 amide bonds. The summed E-state index contributed by atoms with van der Waals surface area (Å²) in [7, 11) is 0. The van der Waals surface area contributed by atoms with E-state index in [0.29, 0.717) is 6.61 Å². The Morgan fingerprint density at radius 1 is 1.57 bits per heavy atom. The minimum Gasteiger partial charge on any atom is -0.463 e. The Bertz CT molecular complexity index is 256. The molecule has 0 saturated carbocycles. The van der Waals surface area contributed by atoms with Crippen LogP contribution in [0.1, 0.15) is 26.7 Å². The van der Waals surface area contributed by atoms with Crippen LogP contribution in [0.3, 0.4) is 0 Å². The third-order valence-electron chi connectivity index (χ3n) is 2.05. The van der Waals surface area contributed by atoms with Crippen molar-refractivity contribution in [1.82, 2.24) is 4.90 Å². The van der Waals surface area contributed by atoms with Gasteiger partial charge in [0.05, 0.1) is 6.61 Å². The third-order valence-corrected chi connectivity index (χ3v) is 2.05. The molecule has 3 nitrogen and oxygen atoms in total. The van der Waals surface area contributed by atoms with Gasteiger partial charge in [0.2, 0.25) is 0 Å². The molecule has 1 aliphatic rings. The average molecular weight is 195 g/mol. The quantitative estimate of drug-likeness (QED) is 0.480. The summed E-state index contributed by atoms with van der Waals surface area (Å²) in [5.41, 5.74) is 1.38. The summed E-state index contributed by atoms with van der Waals surface area (Å²) < 4.78 is 4.76. The van der Waals surface area contributed by atoms with Gasteiger partial charge in [-0.2, -0.15) is 0 Å².